The van der Waals surface area contributed by atoms with E-state index in [1.54, 1.807) is 0 Å². The van der Waals surface area contributed by atoms with Crippen molar-refractivity contribution in [1.82, 2.24) is 5.32 Å². The van der Waals surface area contributed by atoms with Crippen LogP contribution >= 0.6 is 11.6 Å². The highest BCUT2D eigenvalue weighted by molar-refractivity contribution is 6.31. The van der Waals surface area contributed by atoms with Crippen molar-refractivity contribution in [3.8, 4) is 0 Å². The van der Waals surface area contributed by atoms with Crippen molar-refractivity contribution in [1.29, 1.82) is 0 Å². The summed E-state index contributed by atoms with van der Waals surface area (Å²) in [5.41, 5.74) is 2.45. The number of rotatable bonds is 5. The van der Waals surface area contributed by atoms with Crippen LogP contribution < -0.4 is 5.32 Å². The van der Waals surface area contributed by atoms with E-state index in [2.05, 4.69) is 37.4 Å². The largest absolute Gasteiger partial charge is 0.310 e. The summed E-state index contributed by atoms with van der Waals surface area (Å²) in [7, 11) is 0. The Morgan fingerprint density at radius 3 is 2.63 bits per heavy atom. The van der Waals surface area contributed by atoms with Crippen LogP contribution in [0, 0.1) is 12.8 Å². The maximum atomic E-state index is 6.30. The fourth-order valence-corrected chi connectivity index (χ4v) is 3.52. The first-order valence-corrected chi connectivity index (χ1v) is 8.07. The molecule has 1 nitrogen and oxygen atoms in total. The lowest BCUT2D eigenvalue weighted by Gasteiger charge is -2.30. The second kappa shape index (κ2) is 7.31. The van der Waals surface area contributed by atoms with Gasteiger partial charge in [-0.2, -0.15) is 0 Å². The normalized spacial score (nSPS) is 18.5. The van der Waals surface area contributed by atoms with Crippen LogP contribution in [0.2, 0.25) is 5.02 Å². The molecule has 0 spiro atoms. The smallest absolute Gasteiger partial charge is 0.0453 e. The number of aryl methyl sites for hydroxylation is 1. The second-order valence-electron chi connectivity index (χ2n) is 5.89. The highest BCUT2D eigenvalue weighted by atomic mass is 35.5. The van der Waals surface area contributed by atoms with Crippen LogP contribution in [0.5, 0.6) is 0 Å². The minimum atomic E-state index is 0.651. The van der Waals surface area contributed by atoms with E-state index in [1.807, 2.05) is 0 Å². The van der Waals surface area contributed by atoms with Crippen LogP contribution in [0.4, 0.5) is 0 Å². The van der Waals surface area contributed by atoms with Crippen molar-refractivity contribution in [2.45, 2.75) is 65.0 Å². The first-order valence-electron chi connectivity index (χ1n) is 7.69. The second-order valence-corrected chi connectivity index (χ2v) is 6.30. The van der Waals surface area contributed by atoms with Gasteiger partial charge in [0, 0.05) is 17.6 Å². The molecule has 1 atom stereocenters. The highest BCUT2D eigenvalue weighted by Gasteiger charge is 2.21. The molecule has 1 aromatic rings. The molecule has 1 aromatic carbocycles. The lowest BCUT2D eigenvalue weighted by atomic mass is 9.83. The summed E-state index contributed by atoms with van der Waals surface area (Å²) in [6.45, 7) is 5.27. The van der Waals surface area contributed by atoms with Gasteiger partial charge in [0.2, 0.25) is 0 Å². The molecule has 19 heavy (non-hydrogen) atoms. The van der Waals surface area contributed by atoms with Gasteiger partial charge >= 0.3 is 0 Å². The van der Waals surface area contributed by atoms with E-state index in [0.29, 0.717) is 6.04 Å². The number of hydrogen-bond acceptors (Lipinski definition) is 1. The summed E-state index contributed by atoms with van der Waals surface area (Å²) in [5, 5.41) is 4.63. The summed E-state index contributed by atoms with van der Waals surface area (Å²) in [6, 6.07) is 7.00. The Hall–Kier alpha value is -0.530. The fraction of sp³-hybridized carbons (Fsp3) is 0.647. The maximum Gasteiger partial charge on any atom is 0.0453 e. The van der Waals surface area contributed by atoms with Crippen molar-refractivity contribution < 1.29 is 0 Å². The number of halogens is 1. The molecule has 0 aliphatic heterocycles. The van der Waals surface area contributed by atoms with Gasteiger partial charge in [0.25, 0.3) is 0 Å². The van der Waals surface area contributed by atoms with Crippen molar-refractivity contribution in [3.63, 3.8) is 0 Å². The third-order valence-electron chi connectivity index (χ3n) is 4.42. The molecule has 1 aliphatic carbocycles. The van der Waals surface area contributed by atoms with Crippen LogP contribution in [-0.2, 0) is 6.54 Å². The maximum absolute atomic E-state index is 6.30. The summed E-state index contributed by atoms with van der Waals surface area (Å²) < 4.78 is 0. The van der Waals surface area contributed by atoms with Gasteiger partial charge in [0.05, 0.1) is 0 Å². The zero-order chi connectivity index (χ0) is 13.7. The van der Waals surface area contributed by atoms with Crippen LogP contribution in [0.1, 0.15) is 56.6 Å². The van der Waals surface area contributed by atoms with E-state index in [-0.39, 0.29) is 0 Å². The molecule has 0 saturated heterocycles. The first kappa shape index (κ1) is 14.9. The zero-order valence-electron chi connectivity index (χ0n) is 12.2. The third kappa shape index (κ3) is 4.22. The number of hydrogen-bond donors (Lipinski definition) is 1. The Morgan fingerprint density at radius 1 is 1.26 bits per heavy atom. The molecule has 0 heterocycles. The first-order chi connectivity index (χ1) is 9.20. The molecule has 0 radical (unpaired) electrons. The Kier molecular flexibility index (Phi) is 5.72. The molecule has 1 N–H and O–H groups in total. The molecule has 1 unspecified atom stereocenters. The molecule has 2 rings (SSSR count). The van der Waals surface area contributed by atoms with E-state index >= 15 is 0 Å². The highest BCUT2D eigenvalue weighted by Crippen LogP contribution is 2.28. The lowest BCUT2D eigenvalue weighted by molar-refractivity contribution is 0.262. The third-order valence-corrected chi connectivity index (χ3v) is 4.77. The summed E-state index contributed by atoms with van der Waals surface area (Å²) in [6.07, 6.45) is 8.26. The molecule has 1 fully saturated rings. The number of nitrogens with one attached hydrogen (secondary N) is 1. The van der Waals surface area contributed by atoms with Gasteiger partial charge in [-0.25, -0.2) is 0 Å². The van der Waals surface area contributed by atoms with Crippen molar-refractivity contribution >= 4 is 11.6 Å². The monoisotopic (exact) mass is 279 g/mol. The Labute approximate surface area is 122 Å². The zero-order valence-corrected chi connectivity index (χ0v) is 13.0. The quantitative estimate of drug-likeness (QED) is 0.791. The minimum absolute atomic E-state index is 0.651. The van der Waals surface area contributed by atoms with Gasteiger partial charge in [-0.05, 0) is 49.3 Å². The average molecular weight is 280 g/mol. The van der Waals surface area contributed by atoms with Crippen molar-refractivity contribution in [2.75, 3.05) is 0 Å². The predicted molar refractivity (Wildman–Crippen MR) is 83.7 cm³/mol. The Bertz CT molecular complexity index is 396. The molecular weight excluding hydrogens is 254 g/mol. The molecule has 106 valence electrons. The average Bonchev–Trinajstić information content (AvgIpc) is 2.43. The Morgan fingerprint density at radius 2 is 2.00 bits per heavy atom. The topological polar surface area (TPSA) is 12.0 Å². The van der Waals surface area contributed by atoms with Crippen molar-refractivity contribution in [3.05, 3.63) is 34.3 Å². The van der Waals surface area contributed by atoms with Crippen LogP contribution in [0.25, 0.3) is 0 Å². The van der Waals surface area contributed by atoms with E-state index in [1.165, 1.54) is 49.7 Å². The van der Waals surface area contributed by atoms with E-state index in [0.717, 1.165) is 17.5 Å². The van der Waals surface area contributed by atoms with E-state index in [4.69, 9.17) is 11.6 Å². The molecular formula is C17H26ClN. The van der Waals surface area contributed by atoms with E-state index < -0.39 is 0 Å². The summed E-state index contributed by atoms with van der Waals surface area (Å²) in [4.78, 5) is 0. The van der Waals surface area contributed by atoms with Gasteiger partial charge in [-0.3, -0.25) is 0 Å². The molecule has 2 heteroatoms. The minimum Gasteiger partial charge on any atom is -0.310 e. The molecule has 0 aromatic heterocycles. The van der Waals surface area contributed by atoms with Gasteiger partial charge in [-0.1, -0.05) is 49.9 Å². The van der Waals surface area contributed by atoms with Crippen LogP contribution in [-0.4, -0.2) is 6.04 Å². The summed E-state index contributed by atoms with van der Waals surface area (Å²) >= 11 is 6.30. The van der Waals surface area contributed by atoms with Crippen LogP contribution in [0.15, 0.2) is 18.2 Å². The van der Waals surface area contributed by atoms with Crippen LogP contribution in [0.3, 0.4) is 0 Å². The SMILES string of the molecule is CCC(NCc1ccc(C)cc1Cl)C1CCCCC1. The fourth-order valence-electron chi connectivity index (χ4n) is 3.22. The predicted octanol–water partition coefficient (Wildman–Crippen LogP) is 5.10. The van der Waals surface area contributed by atoms with E-state index in [9.17, 15) is 0 Å². The number of benzene rings is 1. The molecule has 1 saturated carbocycles. The van der Waals surface area contributed by atoms with Gasteiger partial charge in [0.1, 0.15) is 0 Å². The molecule has 1 aliphatic rings. The Balaban J connectivity index is 1.91. The van der Waals surface area contributed by atoms with Gasteiger partial charge in [0.15, 0.2) is 0 Å². The molecule has 0 bridgehead atoms. The molecule has 0 amide bonds. The van der Waals surface area contributed by atoms with Gasteiger partial charge < -0.3 is 5.32 Å². The lowest BCUT2D eigenvalue weighted by Crippen LogP contribution is -2.36. The standard InChI is InChI=1S/C17H26ClN/c1-3-17(14-7-5-4-6-8-14)19-12-15-10-9-13(2)11-16(15)18/h9-11,14,17,19H,3-8,12H2,1-2H3. The summed E-state index contributed by atoms with van der Waals surface area (Å²) in [5.74, 6) is 0.864. The van der Waals surface area contributed by atoms with Crippen molar-refractivity contribution in [2.24, 2.45) is 5.92 Å². The van der Waals surface area contributed by atoms with Gasteiger partial charge in [-0.15, -0.1) is 0 Å².